The van der Waals surface area contributed by atoms with Crippen LogP contribution in [0.1, 0.15) is 16.7 Å². The maximum Gasteiger partial charge on any atom is 0.134 e. The molecule has 0 aliphatic heterocycles. The second kappa shape index (κ2) is 8.55. The Hall–Kier alpha value is -4.12. The first kappa shape index (κ1) is 21.1. The van der Waals surface area contributed by atoms with Crippen LogP contribution in [0.5, 0.6) is 28.7 Å². The number of phenolic OH excluding ortho intramolecular Hbond substituents is 3. The lowest BCUT2D eigenvalue weighted by Crippen LogP contribution is -2.12. The lowest BCUT2D eigenvalue weighted by Gasteiger charge is -2.28. The number of benzene rings is 4. The molecule has 5 heteroatoms. The summed E-state index contributed by atoms with van der Waals surface area (Å²) in [5, 5.41) is 29.5. The third-order valence-corrected chi connectivity index (χ3v) is 5.34. The molecule has 0 aliphatic carbocycles. The number of rotatable bonds is 5. The highest BCUT2D eigenvalue weighted by Gasteiger charge is 2.17. The largest absolute Gasteiger partial charge is 0.508 e. The van der Waals surface area contributed by atoms with Crippen molar-refractivity contribution >= 4 is 17.1 Å². The Kier molecular flexibility index (Phi) is 5.65. The first-order valence-electron chi connectivity index (χ1n) is 10.3. The van der Waals surface area contributed by atoms with E-state index in [0.717, 1.165) is 33.8 Å². The van der Waals surface area contributed by atoms with E-state index in [9.17, 15) is 15.3 Å². The van der Waals surface area contributed by atoms with Gasteiger partial charge >= 0.3 is 0 Å². The summed E-state index contributed by atoms with van der Waals surface area (Å²) in [4.78, 5) is 2.08. The third kappa shape index (κ3) is 4.32. The summed E-state index contributed by atoms with van der Waals surface area (Å²) < 4.78 is 5.97. The Morgan fingerprint density at radius 3 is 1.59 bits per heavy atom. The van der Waals surface area contributed by atoms with Crippen molar-refractivity contribution in [1.82, 2.24) is 0 Å². The number of aromatic hydroxyl groups is 3. The SMILES string of the molecule is Cc1ccc(O)cc1Oc1ccc(N(c2ccc(O)cc2C)c2ccc(O)cc2C)cc1. The van der Waals surface area contributed by atoms with Crippen LogP contribution in [-0.2, 0) is 0 Å². The number of aryl methyl sites for hydroxylation is 3. The van der Waals surface area contributed by atoms with Gasteiger partial charge in [0, 0.05) is 23.1 Å². The monoisotopic (exact) mass is 427 g/mol. The minimum Gasteiger partial charge on any atom is -0.508 e. The number of hydrogen-bond acceptors (Lipinski definition) is 5. The van der Waals surface area contributed by atoms with Crippen LogP contribution >= 0.6 is 0 Å². The zero-order valence-electron chi connectivity index (χ0n) is 18.2. The molecule has 0 heterocycles. The summed E-state index contributed by atoms with van der Waals surface area (Å²) in [6.45, 7) is 5.81. The molecule has 4 aromatic rings. The third-order valence-electron chi connectivity index (χ3n) is 5.34. The van der Waals surface area contributed by atoms with Gasteiger partial charge in [-0.25, -0.2) is 0 Å². The lowest BCUT2D eigenvalue weighted by atomic mass is 10.1. The Morgan fingerprint density at radius 1 is 0.562 bits per heavy atom. The second-order valence-corrected chi connectivity index (χ2v) is 7.82. The molecule has 0 saturated heterocycles. The van der Waals surface area contributed by atoms with Gasteiger partial charge in [-0.3, -0.25) is 0 Å². The second-order valence-electron chi connectivity index (χ2n) is 7.82. The molecule has 0 bridgehead atoms. The molecule has 32 heavy (non-hydrogen) atoms. The Balaban J connectivity index is 1.75. The fraction of sp³-hybridized carbons (Fsp3) is 0.111. The molecule has 5 nitrogen and oxygen atoms in total. The number of hydrogen-bond donors (Lipinski definition) is 3. The van der Waals surface area contributed by atoms with Crippen molar-refractivity contribution in [2.75, 3.05) is 4.90 Å². The molecular weight excluding hydrogens is 402 g/mol. The van der Waals surface area contributed by atoms with Gasteiger partial charge in [-0.2, -0.15) is 0 Å². The number of anilines is 3. The van der Waals surface area contributed by atoms with E-state index in [4.69, 9.17) is 4.74 Å². The minimum atomic E-state index is 0.152. The van der Waals surface area contributed by atoms with Crippen molar-refractivity contribution in [3.8, 4) is 28.7 Å². The fourth-order valence-electron chi connectivity index (χ4n) is 3.68. The van der Waals surface area contributed by atoms with Crippen LogP contribution in [0.15, 0.2) is 78.9 Å². The molecule has 0 amide bonds. The van der Waals surface area contributed by atoms with E-state index >= 15 is 0 Å². The van der Waals surface area contributed by atoms with Crippen molar-refractivity contribution in [3.63, 3.8) is 0 Å². The van der Waals surface area contributed by atoms with Gasteiger partial charge in [0.05, 0.1) is 0 Å². The summed E-state index contributed by atoms with van der Waals surface area (Å²) in [6.07, 6.45) is 0. The molecule has 0 aromatic heterocycles. The molecule has 0 spiro atoms. The molecule has 0 saturated carbocycles. The highest BCUT2D eigenvalue weighted by Crippen LogP contribution is 2.40. The van der Waals surface area contributed by atoms with Gasteiger partial charge in [0.25, 0.3) is 0 Å². The molecule has 3 N–H and O–H groups in total. The molecular formula is C27H25NO4. The molecule has 4 rings (SSSR count). The zero-order valence-corrected chi connectivity index (χ0v) is 18.2. The van der Waals surface area contributed by atoms with E-state index in [0.29, 0.717) is 11.5 Å². The van der Waals surface area contributed by atoms with Gasteiger partial charge in [0.1, 0.15) is 28.7 Å². The molecule has 0 radical (unpaired) electrons. The molecule has 0 atom stereocenters. The average molecular weight is 428 g/mol. The Bertz CT molecular complexity index is 1210. The summed E-state index contributed by atoms with van der Waals surface area (Å²) >= 11 is 0. The van der Waals surface area contributed by atoms with Crippen LogP contribution < -0.4 is 9.64 Å². The van der Waals surface area contributed by atoms with Crippen LogP contribution in [-0.4, -0.2) is 15.3 Å². The van der Waals surface area contributed by atoms with Crippen molar-refractivity contribution < 1.29 is 20.1 Å². The summed E-state index contributed by atoms with van der Waals surface area (Å²) in [5.74, 6) is 1.81. The van der Waals surface area contributed by atoms with Crippen molar-refractivity contribution in [3.05, 3.63) is 95.6 Å². The summed E-state index contributed by atoms with van der Waals surface area (Å²) in [6, 6.07) is 23.2. The van der Waals surface area contributed by atoms with Crippen molar-refractivity contribution in [2.24, 2.45) is 0 Å². The van der Waals surface area contributed by atoms with Gasteiger partial charge in [-0.05, 0) is 104 Å². The molecule has 162 valence electrons. The van der Waals surface area contributed by atoms with E-state index in [1.165, 1.54) is 0 Å². The van der Waals surface area contributed by atoms with Gasteiger partial charge in [-0.1, -0.05) is 6.07 Å². The zero-order chi connectivity index (χ0) is 22.8. The maximum absolute atomic E-state index is 9.88. The average Bonchev–Trinajstić information content (AvgIpc) is 2.75. The van der Waals surface area contributed by atoms with Gasteiger partial charge in [0.2, 0.25) is 0 Å². The number of phenols is 3. The minimum absolute atomic E-state index is 0.152. The summed E-state index contributed by atoms with van der Waals surface area (Å²) in [7, 11) is 0. The predicted octanol–water partition coefficient (Wildman–Crippen LogP) is 6.99. The molecule has 0 aliphatic rings. The first-order chi connectivity index (χ1) is 15.3. The van der Waals surface area contributed by atoms with Crippen LogP contribution in [0.4, 0.5) is 17.1 Å². The normalized spacial score (nSPS) is 10.7. The van der Waals surface area contributed by atoms with Gasteiger partial charge < -0.3 is 25.0 Å². The van der Waals surface area contributed by atoms with Crippen molar-refractivity contribution in [1.29, 1.82) is 0 Å². The van der Waals surface area contributed by atoms with Crippen LogP contribution in [0.2, 0.25) is 0 Å². The molecule has 4 aromatic carbocycles. The number of ether oxygens (including phenoxy) is 1. The van der Waals surface area contributed by atoms with E-state index < -0.39 is 0 Å². The standard InChI is InChI=1S/C27H25NO4/c1-17-4-7-23(31)16-27(17)32-24-10-5-20(6-11-24)28(25-12-8-21(29)14-18(25)2)26-13-9-22(30)15-19(26)3/h4-16,29-31H,1-3H3. The quantitative estimate of drug-likeness (QED) is 0.320. The topological polar surface area (TPSA) is 73.2 Å². The van der Waals surface area contributed by atoms with E-state index in [1.54, 1.807) is 36.4 Å². The van der Waals surface area contributed by atoms with Crippen LogP contribution in [0.25, 0.3) is 0 Å². The molecule has 0 unspecified atom stereocenters. The first-order valence-corrected chi connectivity index (χ1v) is 10.3. The fourth-order valence-corrected chi connectivity index (χ4v) is 3.68. The smallest absolute Gasteiger partial charge is 0.134 e. The molecule has 0 fully saturated rings. The van der Waals surface area contributed by atoms with Gasteiger partial charge in [0.15, 0.2) is 0 Å². The van der Waals surface area contributed by atoms with E-state index in [2.05, 4.69) is 4.90 Å². The predicted molar refractivity (Wildman–Crippen MR) is 127 cm³/mol. The van der Waals surface area contributed by atoms with E-state index in [-0.39, 0.29) is 17.2 Å². The van der Waals surface area contributed by atoms with E-state index in [1.807, 2.05) is 63.2 Å². The highest BCUT2D eigenvalue weighted by atomic mass is 16.5. The van der Waals surface area contributed by atoms with Gasteiger partial charge in [-0.15, -0.1) is 0 Å². The van der Waals surface area contributed by atoms with Crippen LogP contribution in [0.3, 0.4) is 0 Å². The van der Waals surface area contributed by atoms with Crippen molar-refractivity contribution in [2.45, 2.75) is 20.8 Å². The number of nitrogens with zero attached hydrogens (tertiary/aromatic N) is 1. The van der Waals surface area contributed by atoms with Crippen LogP contribution in [0, 0.1) is 20.8 Å². The lowest BCUT2D eigenvalue weighted by molar-refractivity contribution is 0.453. The maximum atomic E-state index is 9.88. The highest BCUT2D eigenvalue weighted by molar-refractivity contribution is 5.80. The Morgan fingerprint density at radius 2 is 1.06 bits per heavy atom. The summed E-state index contributed by atoms with van der Waals surface area (Å²) in [5.41, 5.74) is 5.46. The Labute approximate surface area is 187 Å².